The van der Waals surface area contributed by atoms with Crippen molar-refractivity contribution < 1.29 is 9.47 Å². The zero-order chi connectivity index (χ0) is 9.94. The SMILES string of the molecule is CCOC(C[SiH2]CCCN)OCC. The molecule has 0 rings (SSSR count). The maximum absolute atomic E-state index is 5.44. The minimum atomic E-state index is -0.0177. The fraction of sp³-hybridized carbons (Fsp3) is 1.00. The van der Waals surface area contributed by atoms with Crippen molar-refractivity contribution in [3.63, 3.8) is 0 Å². The Kier molecular flexibility index (Phi) is 10.3. The van der Waals surface area contributed by atoms with E-state index >= 15 is 0 Å². The van der Waals surface area contributed by atoms with Crippen LogP contribution in [0, 0.1) is 0 Å². The second kappa shape index (κ2) is 10.2. The highest BCUT2D eigenvalue weighted by atomic mass is 28.2. The van der Waals surface area contributed by atoms with E-state index in [4.69, 9.17) is 15.2 Å². The van der Waals surface area contributed by atoms with E-state index in [0.717, 1.165) is 32.2 Å². The molecule has 0 aromatic heterocycles. The normalized spacial score (nSPS) is 12.0. The van der Waals surface area contributed by atoms with Crippen molar-refractivity contribution in [2.75, 3.05) is 19.8 Å². The van der Waals surface area contributed by atoms with Gasteiger partial charge in [0.1, 0.15) is 0 Å². The summed E-state index contributed by atoms with van der Waals surface area (Å²) in [6.07, 6.45) is 1.22. The Hall–Kier alpha value is 0.0969. The van der Waals surface area contributed by atoms with Crippen molar-refractivity contribution in [1.82, 2.24) is 0 Å². The Morgan fingerprint density at radius 1 is 1.23 bits per heavy atom. The van der Waals surface area contributed by atoms with Gasteiger partial charge in [-0.1, -0.05) is 6.04 Å². The van der Waals surface area contributed by atoms with Gasteiger partial charge in [-0.2, -0.15) is 0 Å². The summed E-state index contributed by atoms with van der Waals surface area (Å²) in [6.45, 7) is 6.33. The molecule has 0 amide bonds. The van der Waals surface area contributed by atoms with Gasteiger partial charge in [0.2, 0.25) is 0 Å². The molecule has 0 aliphatic carbocycles. The van der Waals surface area contributed by atoms with Crippen LogP contribution in [-0.4, -0.2) is 35.6 Å². The van der Waals surface area contributed by atoms with E-state index in [2.05, 4.69) is 0 Å². The predicted octanol–water partition coefficient (Wildman–Crippen LogP) is 0.740. The van der Waals surface area contributed by atoms with Gasteiger partial charge < -0.3 is 15.2 Å². The third kappa shape index (κ3) is 8.43. The monoisotopic (exact) mass is 205 g/mol. The topological polar surface area (TPSA) is 44.5 Å². The number of ether oxygens (including phenoxy) is 2. The second-order valence-corrected chi connectivity index (χ2v) is 4.97. The van der Waals surface area contributed by atoms with Crippen molar-refractivity contribution in [1.29, 1.82) is 0 Å². The van der Waals surface area contributed by atoms with Crippen LogP contribution in [0.15, 0.2) is 0 Å². The number of hydrogen-bond acceptors (Lipinski definition) is 3. The van der Waals surface area contributed by atoms with E-state index in [1.807, 2.05) is 13.8 Å². The maximum atomic E-state index is 5.44. The van der Waals surface area contributed by atoms with Gasteiger partial charge in [-0.15, -0.1) is 0 Å². The molecule has 0 fully saturated rings. The molecule has 0 aliphatic rings. The second-order valence-electron chi connectivity index (χ2n) is 2.98. The predicted molar refractivity (Wildman–Crippen MR) is 58.9 cm³/mol. The highest BCUT2D eigenvalue weighted by molar-refractivity contribution is 6.35. The van der Waals surface area contributed by atoms with E-state index in [-0.39, 0.29) is 15.8 Å². The number of hydrogen-bond donors (Lipinski definition) is 1. The van der Waals surface area contributed by atoms with Gasteiger partial charge in [-0.25, -0.2) is 0 Å². The van der Waals surface area contributed by atoms with Crippen LogP contribution in [0.4, 0.5) is 0 Å². The Labute approximate surface area is 83.8 Å². The molecule has 0 aliphatic heterocycles. The van der Waals surface area contributed by atoms with E-state index in [0.29, 0.717) is 0 Å². The zero-order valence-electron chi connectivity index (χ0n) is 8.92. The molecule has 80 valence electrons. The summed E-state index contributed by atoms with van der Waals surface area (Å²) < 4.78 is 10.9. The molecule has 0 saturated heterocycles. The third-order valence-corrected chi connectivity index (χ3v) is 3.73. The Bertz CT molecular complexity index is 97.6. The van der Waals surface area contributed by atoms with E-state index in [9.17, 15) is 0 Å². The molecule has 2 N–H and O–H groups in total. The molecule has 0 bridgehead atoms. The molecule has 0 heterocycles. The van der Waals surface area contributed by atoms with Crippen LogP contribution >= 0.6 is 0 Å². The van der Waals surface area contributed by atoms with Crippen LogP contribution in [0.3, 0.4) is 0 Å². The fourth-order valence-corrected chi connectivity index (χ4v) is 2.82. The highest BCUT2D eigenvalue weighted by Gasteiger charge is 2.06. The minimum Gasteiger partial charge on any atom is -0.353 e. The van der Waals surface area contributed by atoms with Crippen LogP contribution in [0.25, 0.3) is 0 Å². The summed E-state index contributed by atoms with van der Waals surface area (Å²) in [7, 11) is -0.0177. The van der Waals surface area contributed by atoms with Gasteiger partial charge in [-0.3, -0.25) is 0 Å². The highest BCUT2D eigenvalue weighted by Crippen LogP contribution is 2.03. The number of nitrogens with two attached hydrogens (primary N) is 1. The maximum Gasteiger partial charge on any atom is 0.154 e. The molecule has 13 heavy (non-hydrogen) atoms. The van der Waals surface area contributed by atoms with Crippen LogP contribution in [0.5, 0.6) is 0 Å². The van der Waals surface area contributed by atoms with Crippen molar-refractivity contribution in [3.05, 3.63) is 0 Å². The molecule has 3 nitrogen and oxygen atoms in total. The summed E-state index contributed by atoms with van der Waals surface area (Å²) in [5.41, 5.74) is 5.42. The lowest BCUT2D eigenvalue weighted by Crippen LogP contribution is -2.19. The van der Waals surface area contributed by atoms with Gasteiger partial charge in [-0.05, 0) is 32.9 Å². The van der Waals surface area contributed by atoms with E-state index < -0.39 is 0 Å². The molecule has 0 spiro atoms. The van der Waals surface area contributed by atoms with Gasteiger partial charge in [0, 0.05) is 22.7 Å². The fourth-order valence-electron chi connectivity index (χ4n) is 1.22. The molecular formula is C9H23NO2Si. The summed E-state index contributed by atoms with van der Waals surface area (Å²) in [5.74, 6) is 0. The summed E-state index contributed by atoms with van der Waals surface area (Å²) in [5, 5.41) is 0. The quantitative estimate of drug-likeness (QED) is 0.343. The Balaban J connectivity index is 3.33. The molecule has 0 radical (unpaired) electrons. The minimum absolute atomic E-state index is 0.0177. The first kappa shape index (κ1) is 13.1. The zero-order valence-corrected chi connectivity index (χ0v) is 10.3. The first-order chi connectivity index (χ1) is 6.35. The molecular weight excluding hydrogens is 182 g/mol. The first-order valence-corrected chi connectivity index (χ1v) is 7.28. The lowest BCUT2D eigenvalue weighted by molar-refractivity contribution is -0.123. The lowest BCUT2D eigenvalue weighted by Gasteiger charge is -2.16. The van der Waals surface area contributed by atoms with Crippen molar-refractivity contribution in [2.45, 2.75) is 38.6 Å². The smallest absolute Gasteiger partial charge is 0.154 e. The van der Waals surface area contributed by atoms with Gasteiger partial charge in [0.15, 0.2) is 6.29 Å². The van der Waals surface area contributed by atoms with Gasteiger partial charge >= 0.3 is 0 Å². The lowest BCUT2D eigenvalue weighted by atomic mass is 10.5. The Morgan fingerprint density at radius 3 is 2.31 bits per heavy atom. The average Bonchev–Trinajstić information content (AvgIpc) is 2.13. The molecule has 0 unspecified atom stereocenters. The molecule has 0 aromatic rings. The van der Waals surface area contributed by atoms with Crippen LogP contribution in [0.2, 0.25) is 12.1 Å². The summed E-state index contributed by atoms with van der Waals surface area (Å²) in [4.78, 5) is 0. The van der Waals surface area contributed by atoms with E-state index in [1.54, 1.807) is 0 Å². The van der Waals surface area contributed by atoms with Gasteiger partial charge in [0.05, 0.1) is 0 Å². The largest absolute Gasteiger partial charge is 0.353 e. The van der Waals surface area contributed by atoms with E-state index in [1.165, 1.54) is 6.04 Å². The number of rotatable bonds is 9. The first-order valence-electron chi connectivity index (χ1n) is 5.28. The third-order valence-electron chi connectivity index (χ3n) is 1.85. The Morgan fingerprint density at radius 2 is 1.85 bits per heavy atom. The average molecular weight is 205 g/mol. The standard InChI is InChI=1S/C9H23NO2Si/c1-3-11-9(12-4-2)8-13-7-5-6-10/h9H,3-8,10,13H2,1-2H3. The van der Waals surface area contributed by atoms with Crippen molar-refractivity contribution in [2.24, 2.45) is 5.73 Å². The molecule has 0 atom stereocenters. The van der Waals surface area contributed by atoms with Crippen molar-refractivity contribution >= 4 is 9.52 Å². The van der Waals surface area contributed by atoms with Crippen molar-refractivity contribution in [3.8, 4) is 0 Å². The van der Waals surface area contributed by atoms with Crippen LogP contribution < -0.4 is 5.73 Å². The molecule has 0 aromatic carbocycles. The van der Waals surface area contributed by atoms with Crippen LogP contribution in [0.1, 0.15) is 20.3 Å². The molecule has 0 saturated carbocycles. The van der Waals surface area contributed by atoms with Crippen LogP contribution in [-0.2, 0) is 9.47 Å². The summed E-state index contributed by atoms with van der Waals surface area (Å²) in [6, 6.07) is 2.44. The molecule has 4 heteroatoms. The van der Waals surface area contributed by atoms with Gasteiger partial charge in [0.25, 0.3) is 0 Å². The summed E-state index contributed by atoms with van der Waals surface area (Å²) >= 11 is 0.